The summed E-state index contributed by atoms with van der Waals surface area (Å²) in [6, 6.07) is 15.3. The van der Waals surface area contributed by atoms with E-state index in [4.69, 9.17) is 21.1 Å². The molecule has 0 aliphatic carbocycles. The number of nitrogens with one attached hydrogen (secondary N) is 1. The van der Waals surface area contributed by atoms with Gasteiger partial charge in [-0.15, -0.1) is 0 Å². The Bertz CT molecular complexity index is 797. The predicted octanol–water partition coefficient (Wildman–Crippen LogP) is 4.14. The molecular formula is C23H29ClN2O3. The number of methoxy groups -OCH3 is 1. The van der Waals surface area contributed by atoms with Crippen LogP contribution in [0, 0.1) is 5.92 Å². The molecule has 1 heterocycles. The van der Waals surface area contributed by atoms with Crippen molar-refractivity contribution in [3.8, 4) is 11.5 Å². The number of carbonyl (C=O) groups is 1. The van der Waals surface area contributed by atoms with Gasteiger partial charge < -0.3 is 14.8 Å². The average Bonchev–Trinajstić information content (AvgIpc) is 2.74. The Hall–Kier alpha value is -2.24. The van der Waals surface area contributed by atoms with Crippen LogP contribution < -0.4 is 14.8 Å². The summed E-state index contributed by atoms with van der Waals surface area (Å²) >= 11 is 6.29. The topological polar surface area (TPSA) is 50.8 Å². The number of ether oxygens (including phenoxy) is 2. The monoisotopic (exact) mass is 416 g/mol. The Kier molecular flexibility index (Phi) is 7.78. The Morgan fingerprint density at radius 3 is 2.66 bits per heavy atom. The quantitative estimate of drug-likeness (QED) is 0.702. The van der Waals surface area contributed by atoms with Crippen LogP contribution in [0.5, 0.6) is 11.5 Å². The number of likely N-dealkylation sites (tertiary alicyclic amines) is 1. The Balaban J connectivity index is 1.45. The van der Waals surface area contributed by atoms with Crippen LogP contribution in [0.4, 0.5) is 0 Å². The minimum absolute atomic E-state index is 0.00493. The van der Waals surface area contributed by atoms with Crippen LogP contribution in [-0.4, -0.2) is 43.7 Å². The highest BCUT2D eigenvalue weighted by Gasteiger charge is 2.27. The number of nitrogens with zero attached hydrogens (tertiary/aromatic N) is 1. The molecule has 5 nitrogen and oxygen atoms in total. The smallest absolute Gasteiger partial charge is 0.224 e. The maximum atomic E-state index is 12.7. The molecule has 0 spiro atoms. The molecule has 3 rings (SSSR count). The highest BCUT2D eigenvalue weighted by atomic mass is 35.5. The van der Waals surface area contributed by atoms with E-state index in [9.17, 15) is 4.79 Å². The molecular weight excluding hydrogens is 388 g/mol. The second-order valence-electron chi connectivity index (χ2n) is 7.56. The molecule has 1 N–H and O–H groups in total. The van der Waals surface area contributed by atoms with E-state index in [1.807, 2.05) is 55.5 Å². The van der Waals surface area contributed by atoms with E-state index in [1.54, 1.807) is 7.11 Å². The van der Waals surface area contributed by atoms with Gasteiger partial charge in [0.1, 0.15) is 18.1 Å². The first-order valence-corrected chi connectivity index (χ1v) is 10.5. The van der Waals surface area contributed by atoms with Crippen LogP contribution >= 0.6 is 11.6 Å². The normalized spacial score (nSPS) is 18.1. The zero-order valence-electron chi connectivity index (χ0n) is 17.1. The first-order valence-electron chi connectivity index (χ1n) is 10.1. The summed E-state index contributed by atoms with van der Waals surface area (Å²) in [6.45, 7) is 4.91. The van der Waals surface area contributed by atoms with Crippen LogP contribution in [0.3, 0.4) is 0 Å². The zero-order chi connectivity index (χ0) is 20.6. The van der Waals surface area contributed by atoms with Gasteiger partial charge in [-0.3, -0.25) is 9.69 Å². The van der Waals surface area contributed by atoms with E-state index in [0.29, 0.717) is 6.61 Å². The summed E-state index contributed by atoms with van der Waals surface area (Å²) in [5.74, 6) is 1.64. The summed E-state index contributed by atoms with van der Waals surface area (Å²) in [4.78, 5) is 15.0. The lowest BCUT2D eigenvalue weighted by molar-refractivity contribution is -0.127. The SMILES string of the molecule is COc1ccc(OC[C@@H](C)NC(=O)[C@H]2CCCN(Cc3ccccc3Cl)C2)cc1. The predicted molar refractivity (Wildman–Crippen MR) is 116 cm³/mol. The molecule has 1 aliphatic rings. The van der Waals surface area contributed by atoms with Crippen molar-refractivity contribution >= 4 is 17.5 Å². The van der Waals surface area contributed by atoms with E-state index in [-0.39, 0.29) is 17.9 Å². The molecule has 2 aromatic carbocycles. The fourth-order valence-corrected chi connectivity index (χ4v) is 3.77. The van der Waals surface area contributed by atoms with Gasteiger partial charge in [0.15, 0.2) is 0 Å². The highest BCUT2D eigenvalue weighted by molar-refractivity contribution is 6.31. The summed E-state index contributed by atoms with van der Waals surface area (Å²) in [5, 5.41) is 3.88. The molecule has 1 saturated heterocycles. The van der Waals surface area contributed by atoms with Crippen LogP contribution in [-0.2, 0) is 11.3 Å². The van der Waals surface area contributed by atoms with Crippen LogP contribution in [0.2, 0.25) is 5.02 Å². The maximum Gasteiger partial charge on any atom is 0.224 e. The number of hydrogen-bond acceptors (Lipinski definition) is 4. The van der Waals surface area contributed by atoms with Gasteiger partial charge in [0, 0.05) is 18.1 Å². The van der Waals surface area contributed by atoms with Gasteiger partial charge in [-0.25, -0.2) is 0 Å². The van der Waals surface area contributed by atoms with E-state index >= 15 is 0 Å². The Morgan fingerprint density at radius 2 is 1.93 bits per heavy atom. The molecule has 1 amide bonds. The van der Waals surface area contributed by atoms with Gasteiger partial charge in [0.05, 0.1) is 19.1 Å². The van der Waals surface area contributed by atoms with Crippen molar-refractivity contribution in [1.82, 2.24) is 10.2 Å². The molecule has 0 unspecified atom stereocenters. The number of rotatable bonds is 8. The minimum Gasteiger partial charge on any atom is -0.497 e. The molecule has 2 aromatic rings. The van der Waals surface area contributed by atoms with Crippen LogP contribution in [0.25, 0.3) is 0 Å². The number of carbonyl (C=O) groups excluding carboxylic acids is 1. The molecule has 0 bridgehead atoms. The fraction of sp³-hybridized carbons (Fsp3) is 0.435. The summed E-state index contributed by atoms with van der Waals surface area (Å²) < 4.78 is 10.9. The fourth-order valence-electron chi connectivity index (χ4n) is 3.58. The Labute approximate surface area is 177 Å². The molecule has 2 atom stereocenters. The maximum absolute atomic E-state index is 12.7. The molecule has 156 valence electrons. The van der Waals surface area contributed by atoms with Crippen molar-refractivity contribution in [2.24, 2.45) is 5.92 Å². The standard InChI is InChI=1S/C23H29ClN2O3/c1-17(16-29-21-11-9-20(28-2)10-12-21)25-23(27)19-7-5-13-26(15-19)14-18-6-3-4-8-22(18)24/h3-4,6,8-12,17,19H,5,7,13-16H2,1-2H3,(H,25,27)/t17-,19+/m1/s1. The number of hydrogen-bond donors (Lipinski definition) is 1. The van der Waals surface area contributed by atoms with Gasteiger partial charge in [-0.1, -0.05) is 29.8 Å². The van der Waals surface area contributed by atoms with Crippen molar-refractivity contribution in [1.29, 1.82) is 0 Å². The third-order valence-electron chi connectivity index (χ3n) is 5.18. The van der Waals surface area contributed by atoms with Crippen LogP contribution in [0.15, 0.2) is 48.5 Å². The van der Waals surface area contributed by atoms with Crippen molar-refractivity contribution < 1.29 is 14.3 Å². The molecule has 0 saturated carbocycles. The lowest BCUT2D eigenvalue weighted by atomic mass is 9.96. The summed E-state index contributed by atoms with van der Waals surface area (Å²) in [7, 11) is 1.63. The minimum atomic E-state index is -0.0662. The van der Waals surface area contributed by atoms with Crippen LogP contribution in [0.1, 0.15) is 25.3 Å². The third kappa shape index (κ3) is 6.38. The van der Waals surface area contributed by atoms with Crippen molar-refractivity contribution in [3.05, 3.63) is 59.1 Å². The number of amides is 1. The summed E-state index contributed by atoms with van der Waals surface area (Å²) in [5.41, 5.74) is 1.11. The number of piperidine rings is 1. The zero-order valence-corrected chi connectivity index (χ0v) is 17.8. The lowest BCUT2D eigenvalue weighted by Gasteiger charge is -2.32. The largest absolute Gasteiger partial charge is 0.497 e. The lowest BCUT2D eigenvalue weighted by Crippen LogP contribution is -2.46. The summed E-state index contributed by atoms with van der Waals surface area (Å²) in [6.07, 6.45) is 1.93. The number of benzene rings is 2. The van der Waals surface area contributed by atoms with E-state index in [2.05, 4.69) is 10.2 Å². The van der Waals surface area contributed by atoms with Gasteiger partial charge in [-0.2, -0.15) is 0 Å². The average molecular weight is 417 g/mol. The Morgan fingerprint density at radius 1 is 1.21 bits per heavy atom. The van der Waals surface area contributed by atoms with E-state index in [1.165, 1.54) is 0 Å². The first-order chi connectivity index (χ1) is 14.0. The van der Waals surface area contributed by atoms with Gasteiger partial charge >= 0.3 is 0 Å². The molecule has 29 heavy (non-hydrogen) atoms. The molecule has 0 aromatic heterocycles. The van der Waals surface area contributed by atoms with Gasteiger partial charge in [-0.05, 0) is 62.2 Å². The third-order valence-corrected chi connectivity index (χ3v) is 5.54. The highest BCUT2D eigenvalue weighted by Crippen LogP contribution is 2.22. The van der Waals surface area contributed by atoms with Crippen molar-refractivity contribution in [2.75, 3.05) is 26.8 Å². The second-order valence-corrected chi connectivity index (χ2v) is 7.97. The molecule has 6 heteroatoms. The van der Waals surface area contributed by atoms with E-state index < -0.39 is 0 Å². The van der Waals surface area contributed by atoms with Gasteiger partial charge in [0.25, 0.3) is 0 Å². The molecule has 1 aliphatic heterocycles. The van der Waals surface area contributed by atoms with Crippen molar-refractivity contribution in [2.45, 2.75) is 32.4 Å². The molecule has 0 radical (unpaired) electrons. The first kappa shape index (κ1) is 21.5. The number of halogens is 1. The van der Waals surface area contributed by atoms with E-state index in [0.717, 1.165) is 54.6 Å². The van der Waals surface area contributed by atoms with Gasteiger partial charge in [0.2, 0.25) is 5.91 Å². The molecule has 1 fully saturated rings. The second kappa shape index (κ2) is 10.5. The van der Waals surface area contributed by atoms with Crippen molar-refractivity contribution in [3.63, 3.8) is 0 Å².